The van der Waals surface area contributed by atoms with Gasteiger partial charge in [-0.2, -0.15) is 0 Å². The summed E-state index contributed by atoms with van der Waals surface area (Å²) in [5, 5.41) is 0. The average molecular weight is 452 g/mol. The Bertz CT molecular complexity index is 182. The van der Waals surface area contributed by atoms with E-state index in [9.17, 15) is 0 Å². The van der Waals surface area contributed by atoms with Gasteiger partial charge in [-0.25, -0.2) is 0 Å². The third-order valence-corrected chi connectivity index (χ3v) is 3.45. The number of hydrogen-bond acceptors (Lipinski definition) is 0. The molecule has 0 aliphatic heterocycles. The molecule has 1 rings (SSSR count). The van der Waals surface area contributed by atoms with E-state index in [1.54, 1.807) is 39.1 Å². The van der Waals surface area contributed by atoms with Crippen molar-refractivity contribution >= 4 is 0 Å². The van der Waals surface area contributed by atoms with Gasteiger partial charge in [-0.3, -0.25) is 0 Å². The zero-order valence-electron chi connectivity index (χ0n) is 6.96. The van der Waals surface area contributed by atoms with Gasteiger partial charge in [0.15, 0.2) is 0 Å². The van der Waals surface area contributed by atoms with Crippen molar-refractivity contribution in [2.24, 2.45) is 0 Å². The predicted molar refractivity (Wildman–Crippen MR) is 35.7 cm³/mol. The predicted octanol–water partition coefficient (Wildman–Crippen LogP) is -3.44. The summed E-state index contributed by atoms with van der Waals surface area (Å²) in [7, 11) is 0. The van der Waals surface area contributed by atoms with Crippen molar-refractivity contribution in [1.82, 2.24) is 0 Å². The van der Waals surface area contributed by atoms with E-state index in [4.69, 9.17) is 0 Å². The minimum atomic E-state index is 0. The summed E-state index contributed by atoms with van der Waals surface area (Å²) in [6, 6.07) is 0. The molecule has 0 aromatic rings. The van der Waals surface area contributed by atoms with E-state index in [2.05, 4.69) is 20.8 Å². The van der Waals surface area contributed by atoms with Crippen molar-refractivity contribution in [3.8, 4) is 0 Å². The van der Waals surface area contributed by atoms with Gasteiger partial charge in [-0.05, 0) is 0 Å². The fraction of sp³-hybridized carbons (Fsp3) is 0.500. The Hall–Kier alpha value is 1.82. The third-order valence-electron chi connectivity index (χ3n) is 2.10. The first-order valence-electron chi connectivity index (χ1n) is 3.21. The maximum atomic E-state index is 2.23. The largest absolute Gasteiger partial charge is 1.00 e. The molecule has 0 aromatic heterocycles. The Kier molecular flexibility index (Phi) is 8.77. The van der Waals surface area contributed by atoms with Crippen LogP contribution in [-0.2, 0) is 24.7 Å². The summed E-state index contributed by atoms with van der Waals surface area (Å²) in [6.45, 7) is 6.69. The van der Waals surface area contributed by atoms with Crippen molar-refractivity contribution in [3.63, 3.8) is 0 Å². The molecule has 0 bridgehead atoms. The Balaban J connectivity index is 0. The summed E-state index contributed by atoms with van der Waals surface area (Å²) in [5.41, 5.74) is 4.65. The molecule has 0 saturated heterocycles. The van der Waals surface area contributed by atoms with E-state index in [0.717, 1.165) is 0 Å². The smallest absolute Gasteiger partial charge is 1.00 e. The molecule has 0 N–H and O–H groups in total. The van der Waals surface area contributed by atoms with Crippen LogP contribution in [0.15, 0.2) is 20.0 Å². The van der Waals surface area contributed by atoms with Crippen molar-refractivity contribution in [1.29, 1.82) is 0 Å². The first kappa shape index (κ1) is 15.3. The molecule has 1 aliphatic rings. The fourth-order valence-corrected chi connectivity index (χ4v) is 2.19. The zero-order valence-corrected chi connectivity index (χ0v) is 13.7. The van der Waals surface area contributed by atoms with Gasteiger partial charge in [0.25, 0.3) is 0 Å². The molecule has 0 aromatic carbocycles. The first-order valence-corrected chi connectivity index (χ1v) is 4.44. The van der Waals surface area contributed by atoms with Crippen LogP contribution >= 0.6 is 0 Å². The number of halogens is 2. The quantitative estimate of drug-likeness (QED) is 0.336. The zero-order chi connectivity index (χ0) is 7.02. The van der Waals surface area contributed by atoms with Crippen molar-refractivity contribution in [2.45, 2.75) is 27.2 Å². The summed E-state index contributed by atoms with van der Waals surface area (Å²) in [6.07, 6.45) is 1.25. The second-order valence-corrected chi connectivity index (χ2v) is 4.17. The van der Waals surface area contributed by atoms with Crippen LogP contribution in [0.5, 0.6) is 0 Å². The molecule has 1 aliphatic carbocycles. The normalized spacial score (nSPS) is 16.5. The minimum absolute atomic E-state index is 0. The summed E-state index contributed by atoms with van der Waals surface area (Å²) in [4.78, 5) is 0. The van der Waals surface area contributed by atoms with Gasteiger partial charge in [0.05, 0.1) is 0 Å². The van der Waals surface area contributed by atoms with E-state index in [-0.39, 0.29) is 48.0 Å². The van der Waals surface area contributed by atoms with Crippen LogP contribution in [0.3, 0.4) is 0 Å². The molecule has 0 amide bonds. The van der Waals surface area contributed by atoms with Gasteiger partial charge in [-0.15, -0.1) is 0 Å². The Morgan fingerprint density at radius 1 is 1.00 bits per heavy atom. The van der Waals surface area contributed by atoms with Crippen LogP contribution in [0.2, 0.25) is 0 Å². The first-order chi connectivity index (χ1) is 4.13. The number of rotatable bonds is 0. The molecule has 0 radical (unpaired) electrons. The molecule has 3 heteroatoms. The Morgan fingerprint density at radius 2 is 1.45 bits per heavy atom. The molecular weight excluding hydrogens is 441 g/mol. The molecule has 0 heterocycles. The fourth-order valence-electron chi connectivity index (χ4n) is 1.08. The minimum Gasteiger partial charge on any atom is -1.00 e. The van der Waals surface area contributed by atoms with Crippen LogP contribution in [0.25, 0.3) is 0 Å². The van der Waals surface area contributed by atoms with Crippen LogP contribution in [0, 0.1) is 0 Å². The second-order valence-electron chi connectivity index (χ2n) is 2.69. The molecular formula is C8H11I2Zr. The van der Waals surface area contributed by atoms with E-state index >= 15 is 0 Å². The average Bonchev–Trinajstić information content (AvgIpc) is 1.98. The van der Waals surface area contributed by atoms with E-state index < -0.39 is 0 Å². The topological polar surface area (TPSA) is 0 Å². The van der Waals surface area contributed by atoms with E-state index in [1.807, 2.05) is 0 Å². The van der Waals surface area contributed by atoms with E-state index in [1.165, 1.54) is 12.0 Å². The maximum Gasteiger partial charge on any atom is -1.00 e. The molecule has 0 spiro atoms. The van der Waals surface area contributed by atoms with Gasteiger partial charge >= 0.3 is 71.9 Å². The number of allylic oxidation sites excluding steroid dienone is 4. The number of hydrogen-bond donors (Lipinski definition) is 0. The van der Waals surface area contributed by atoms with Crippen LogP contribution in [-0.4, -0.2) is 0 Å². The van der Waals surface area contributed by atoms with Crippen LogP contribution < -0.4 is 48.0 Å². The molecule has 61 valence electrons. The Labute approximate surface area is 118 Å². The van der Waals surface area contributed by atoms with Gasteiger partial charge in [0.1, 0.15) is 0 Å². The van der Waals surface area contributed by atoms with Gasteiger partial charge in [-0.1, -0.05) is 0 Å². The summed E-state index contributed by atoms with van der Waals surface area (Å²) >= 11 is 1.59. The summed E-state index contributed by atoms with van der Waals surface area (Å²) < 4.78 is 1.64. The molecule has 0 saturated carbocycles. The molecule has 11 heavy (non-hydrogen) atoms. The van der Waals surface area contributed by atoms with Crippen molar-refractivity contribution in [2.75, 3.05) is 0 Å². The maximum absolute atomic E-state index is 2.23. The van der Waals surface area contributed by atoms with Gasteiger partial charge in [0, 0.05) is 0 Å². The molecule has 0 unspecified atom stereocenters. The molecule has 0 atom stereocenters. The van der Waals surface area contributed by atoms with Crippen LogP contribution in [0.1, 0.15) is 27.2 Å². The van der Waals surface area contributed by atoms with Crippen molar-refractivity contribution in [3.05, 3.63) is 20.0 Å². The SMILES string of the molecule is CC1=C(C)C(C)=[C]([Zr+2])C1.[I-].[I-]. The van der Waals surface area contributed by atoms with Crippen LogP contribution in [0.4, 0.5) is 0 Å². The summed E-state index contributed by atoms with van der Waals surface area (Å²) in [5.74, 6) is 0. The second kappa shape index (κ2) is 6.30. The van der Waals surface area contributed by atoms with Gasteiger partial charge < -0.3 is 48.0 Å². The molecule has 0 nitrogen and oxygen atoms in total. The van der Waals surface area contributed by atoms with Crippen molar-refractivity contribution < 1.29 is 72.7 Å². The standard InChI is InChI=1S/C8H11.2HI.Zr/c1-6-4-5-7(2)8(6)3;;;/h4H2,1-3H3;2*1H;/q;;;+2/p-2. The monoisotopic (exact) mass is 451 g/mol. The van der Waals surface area contributed by atoms with E-state index in [0.29, 0.717) is 0 Å². The Morgan fingerprint density at radius 3 is 1.55 bits per heavy atom. The third kappa shape index (κ3) is 3.59. The van der Waals surface area contributed by atoms with Gasteiger partial charge in [0.2, 0.25) is 0 Å². The molecule has 0 fully saturated rings.